The number of piperidine rings is 1. The molecular formula is C20H26N2. The van der Waals surface area contributed by atoms with Crippen molar-refractivity contribution in [3.05, 3.63) is 48.2 Å². The summed E-state index contributed by atoms with van der Waals surface area (Å²) in [5.41, 5.74) is 4.38. The van der Waals surface area contributed by atoms with Crippen LogP contribution in [0.2, 0.25) is 0 Å². The largest absolute Gasteiger partial charge is 0.361 e. The third-order valence-corrected chi connectivity index (χ3v) is 6.06. The number of fused-ring (bicyclic) bond motifs is 3. The Bertz CT molecular complexity index is 709. The molecule has 3 atom stereocenters. The van der Waals surface area contributed by atoms with Crippen molar-refractivity contribution in [3.8, 4) is 0 Å². The zero-order chi connectivity index (χ0) is 15.3. The molecule has 2 aromatic rings. The number of hydrogen-bond acceptors (Lipinski definition) is 1. The van der Waals surface area contributed by atoms with Crippen molar-refractivity contribution in [1.82, 2.24) is 10.3 Å². The van der Waals surface area contributed by atoms with Gasteiger partial charge in [0.15, 0.2) is 0 Å². The molecule has 1 aliphatic carbocycles. The zero-order valence-electron chi connectivity index (χ0n) is 13.7. The van der Waals surface area contributed by atoms with Crippen molar-refractivity contribution >= 4 is 10.9 Å². The van der Waals surface area contributed by atoms with Gasteiger partial charge in [-0.3, -0.25) is 0 Å². The van der Waals surface area contributed by atoms with Crippen LogP contribution in [0.25, 0.3) is 10.9 Å². The van der Waals surface area contributed by atoms with E-state index in [2.05, 4.69) is 61.2 Å². The Kier molecular flexibility index (Phi) is 3.19. The molecule has 1 saturated heterocycles. The number of hydrogen-bond donors (Lipinski definition) is 2. The molecule has 2 N–H and O–H groups in total. The molecule has 2 fully saturated rings. The van der Waals surface area contributed by atoms with Gasteiger partial charge in [-0.2, -0.15) is 0 Å². The molecule has 0 radical (unpaired) electrons. The maximum Gasteiger partial charge on any atom is 0.0456 e. The van der Waals surface area contributed by atoms with Crippen molar-refractivity contribution in [1.29, 1.82) is 0 Å². The number of para-hydroxylation sites is 1. The lowest BCUT2D eigenvalue weighted by molar-refractivity contribution is 0.0895. The van der Waals surface area contributed by atoms with Crippen LogP contribution in [0.3, 0.4) is 0 Å². The fourth-order valence-corrected chi connectivity index (χ4v) is 4.67. The molecule has 1 aromatic carbocycles. The van der Waals surface area contributed by atoms with Crippen LogP contribution in [-0.4, -0.2) is 16.6 Å². The Balaban J connectivity index is 1.65. The van der Waals surface area contributed by atoms with Gasteiger partial charge >= 0.3 is 0 Å². The molecule has 1 aliphatic heterocycles. The Morgan fingerprint density at radius 2 is 2.09 bits per heavy atom. The van der Waals surface area contributed by atoms with Gasteiger partial charge in [0.1, 0.15) is 0 Å². The first-order chi connectivity index (χ1) is 10.5. The molecule has 0 spiro atoms. The summed E-state index contributed by atoms with van der Waals surface area (Å²) in [6, 6.07) is 9.13. The lowest BCUT2D eigenvalue weighted by Gasteiger charge is -2.52. The number of aromatic nitrogens is 1. The molecule has 1 saturated carbocycles. The molecule has 2 nitrogen and oxygen atoms in total. The Hall–Kier alpha value is -1.54. The number of H-pyrrole nitrogens is 1. The first-order valence-corrected chi connectivity index (χ1v) is 8.55. The van der Waals surface area contributed by atoms with Crippen molar-refractivity contribution in [2.24, 2.45) is 11.8 Å². The minimum Gasteiger partial charge on any atom is -0.361 e. The number of aromatic amines is 1. The van der Waals surface area contributed by atoms with E-state index in [0.717, 1.165) is 12.3 Å². The van der Waals surface area contributed by atoms with Gasteiger partial charge in [0.25, 0.3) is 0 Å². The summed E-state index contributed by atoms with van der Waals surface area (Å²) in [4.78, 5) is 3.42. The highest BCUT2D eigenvalue weighted by atomic mass is 15.0. The molecule has 0 unspecified atom stereocenters. The van der Waals surface area contributed by atoms with Crippen molar-refractivity contribution in [2.75, 3.05) is 0 Å². The summed E-state index contributed by atoms with van der Waals surface area (Å²) in [5.74, 6) is 1.43. The van der Waals surface area contributed by atoms with Crippen LogP contribution in [0, 0.1) is 11.8 Å². The van der Waals surface area contributed by atoms with Gasteiger partial charge in [0, 0.05) is 28.7 Å². The molecule has 2 heteroatoms. The molecule has 4 rings (SSSR count). The third kappa shape index (κ3) is 2.21. The van der Waals surface area contributed by atoms with Crippen LogP contribution in [0.5, 0.6) is 0 Å². The van der Waals surface area contributed by atoms with Gasteiger partial charge in [0.2, 0.25) is 0 Å². The normalized spacial score (nSPS) is 30.6. The number of rotatable bonds is 2. The van der Waals surface area contributed by atoms with Crippen LogP contribution < -0.4 is 5.32 Å². The average molecular weight is 294 g/mol. The molecule has 116 valence electrons. The topological polar surface area (TPSA) is 27.8 Å². The van der Waals surface area contributed by atoms with E-state index in [-0.39, 0.29) is 5.54 Å². The summed E-state index contributed by atoms with van der Waals surface area (Å²) in [5, 5.41) is 5.32. The van der Waals surface area contributed by atoms with Crippen LogP contribution in [0.4, 0.5) is 0 Å². The third-order valence-electron chi connectivity index (χ3n) is 6.06. The van der Waals surface area contributed by atoms with Crippen LogP contribution in [0.1, 0.15) is 38.7 Å². The maximum absolute atomic E-state index is 4.38. The molecule has 0 amide bonds. The predicted octanol–water partition coefficient (Wildman–Crippen LogP) is 4.43. The smallest absolute Gasteiger partial charge is 0.0456 e. The van der Waals surface area contributed by atoms with E-state index < -0.39 is 0 Å². The number of nitrogens with one attached hydrogen (secondary N) is 2. The molecule has 22 heavy (non-hydrogen) atoms. The second kappa shape index (κ2) is 4.99. The van der Waals surface area contributed by atoms with E-state index in [9.17, 15) is 0 Å². The van der Waals surface area contributed by atoms with E-state index in [1.165, 1.54) is 41.3 Å². The minimum absolute atomic E-state index is 0.244. The van der Waals surface area contributed by atoms with Crippen molar-refractivity contribution in [3.63, 3.8) is 0 Å². The lowest BCUT2D eigenvalue weighted by atomic mass is 9.64. The summed E-state index contributed by atoms with van der Waals surface area (Å²) >= 11 is 0. The van der Waals surface area contributed by atoms with Gasteiger partial charge in [0.05, 0.1) is 0 Å². The fourth-order valence-electron chi connectivity index (χ4n) is 4.67. The van der Waals surface area contributed by atoms with E-state index in [1.54, 1.807) is 0 Å². The summed E-state index contributed by atoms with van der Waals surface area (Å²) in [6.07, 6.45) is 7.10. The second-order valence-electron chi connectivity index (χ2n) is 7.77. The standard InChI is InChI=1S/C20H26N2/c1-13-8-9-15-11-17(13)19(22-20(15,2)3)10-14-12-21-18-7-5-4-6-16(14)18/h4-7,12,15,17,19,21-22H,1,8-11H2,2-3H3/t15-,17-,19+/m0/s1. The second-order valence-corrected chi connectivity index (χ2v) is 7.77. The monoisotopic (exact) mass is 294 g/mol. The molecule has 2 aliphatic rings. The fraction of sp³-hybridized carbons (Fsp3) is 0.500. The molecule has 2 heterocycles. The Labute approximate surface area is 133 Å². The summed E-state index contributed by atoms with van der Waals surface area (Å²) < 4.78 is 0. The first kappa shape index (κ1) is 14.1. The van der Waals surface area contributed by atoms with Gasteiger partial charge in [-0.1, -0.05) is 30.4 Å². The Morgan fingerprint density at radius 3 is 2.95 bits per heavy atom. The van der Waals surface area contributed by atoms with E-state index in [1.807, 2.05) is 0 Å². The molecule has 2 bridgehead atoms. The van der Waals surface area contributed by atoms with E-state index >= 15 is 0 Å². The number of benzene rings is 1. The Morgan fingerprint density at radius 1 is 1.27 bits per heavy atom. The zero-order valence-corrected chi connectivity index (χ0v) is 13.7. The lowest BCUT2D eigenvalue weighted by Crippen LogP contribution is -2.60. The van der Waals surface area contributed by atoms with Crippen LogP contribution in [-0.2, 0) is 6.42 Å². The van der Waals surface area contributed by atoms with E-state index in [4.69, 9.17) is 0 Å². The average Bonchev–Trinajstić information content (AvgIpc) is 2.89. The SMILES string of the molecule is C=C1CC[C@H]2C[C@@H]1[C@@H](Cc1c[nH]c3ccccc13)NC2(C)C. The molecule has 1 aromatic heterocycles. The quantitative estimate of drug-likeness (QED) is 0.788. The van der Waals surface area contributed by atoms with Crippen molar-refractivity contribution < 1.29 is 0 Å². The van der Waals surface area contributed by atoms with Crippen LogP contribution in [0.15, 0.2) is 42.6 Å². The van der Waals surface area contributed by atoms with Crippen LogP contribution >= 0.6 is 0 Å². The van der Waals surface area contributed by atoms with Crippen molar-refractivity contribution in [2.45, 2.75) is 51.1 Å². The highest BCUT2D eigenvalue weighted by molar-refractivity contribution is 5.83. The van der Waals surface area contributed by atoms with Gasteiger partial charge in [-0.15, -0.1) is 0 Å². The van der Waals surface area contributed by atoms with Gasteiger partial charge < -0.3 is 10.3 Å². The minimum atomic E-state index is 0.244. The summed E-state index contributed by atoms with van der Waals surface area (Å²) in [7, 11) is 0. The molecular weight excluding hydrogens is 268 g/mol. The highest BCUT2D eigenvalue weighted by Gasteiger charge is 2.44. The highest BCUT2D eigenvalue weighted by Crippen LogP contribution is 2.44. The first-order valence-electron chi connectivity index (χ1n) is 8.55. The van der Waals surface area contributed by atoms with Gasteiger partial charge in [-0.05, 0) is 63.0 Å². The predicted molar refractivity (Wildman–Crippen MR) is 93.0 cm³/mol. The van der Waals surface area contributed by atoms with E-state index in [0.29, 0.717) is 12.0 Å². The van der Waals surface area contributed by atoms with Gasteiger partial charge in [-0.25, -0.2) is 0 Å². The summed E-state index contributed by atoms with van der Waals surface area (Å²) in [6.45, 7) is 9.13. The maximum atomic E-state index is 4.38.